The first kappa shape index (κ1) is 84.3. The topological polar surface area (TPSA) is 95.9 Å². The van der Waals surface area contributed by atoms with Crippen LogP contribution in [-0.4, -0.2) is 47.4 Å². The van der Waals surface area contributed by atoms with E-state index in [2.05, 4.69) is 43.5 Å². The Morgan fingerprint density at radius 2 is 0.547 bits per heavy atom. The number of aliphatic hydroxyl groups excluding tert-OH is 2. The maximum atomic E-state index is 12.5. The van der Waals surface area contributed by atoms with E-state index in [0.717, 1.165) is 44.9 Å². The van der Waals surface area contributed by atoms with Gasteiger partial charge < -0.3 is 20.3 Å². The summed E-state index contributed by atoms with van der Waals surface area (Å²) in [4.78, 5) is 24.6. The van der Waals surface area contributed by atoms with Crippen LogP contribution in [0.5, 0.6) is 0 Å². The van der Waals surface area contributed by atoms with Crippen LogP contribution < -0.4 is 5.32 Å². The number of aliphatic hydroxyl groups is 2. The molecule has 3 N–H and O–H groups in total. The van der Waals surface area contributed by atoms with Gasteiger partial charge in [0.05, 0.1) is 25.4 Å². The Morgan fingerprint density at radius 1 is 0.314 bits per heavy atom. The minimum Gasteiger partial charge on any atom is -0.466 e. The second-order valence-electron chi connectivity index (χ2n) is 27.4. The van der Waals surface area contributed by atoms with Crippen LogP contribution in [0.15, 0.2) is 24.3 Å². The molecule has 0 aromatic carbocycles. The Labute approximate surface area is 539 Å². The van der Waals surface area contributed by atoms with E-state index in [9.17, 15) is 19.8 Å². The highest BCUT2D eigenvalue weighted by Crippen LogP contribution is 2.20. The van der Waals surface area contributed by atoms with Gasteiger partial charge in [-0.1, -0.05) is 385 Å². The number of unbranched alkanes of at least 4 members (excludes halogenated alkanes) is 60. The minimum atomic E-state index is -0.660. The number of esters is 1. The molecule has 0 aliphatic heterocycles. The zero-order chi connectivity index (χ0) is 62.0. The van der Waals surface area contributed by atoms with E-state index in [-0.39, 0.29) is 18.5 Å². The Morgan fingerprint density at radius 3 is 0.826 bits per heavy atom. The van der Waals surface area contributed by atoms with Crippen molar-refractivity contribution < 1.29 is 24.5 Å². The molecule has 510 valence electrons. The van der Waals surface area contributed by atoms with Crippen molar-refractivity contribution in [3.8, 4) is 0 Å². The second-order valence-corrected chi connectivity index (χ2v) is 27.4. The molecule has 0 heterocycles. The zero-order valence-electron chi connectivity index (χ0n) is 58.6. The van der Waals surface area contributed by atoms with Crippen molar-refractivity contribution in [2.24, 2.45) is 0 Å². The average molecular weight is 1210 g/mol. The lowest BCUT2D eigenvalue weighted by Gasteiger charge is -2.22. The molecule has 0 bridgehead atoms. The van der Waals surface area contributed by atoms with Gasteiger partial charge in [-0.25, -0.2) is 0 Å². The summed E-state index contributed by atoms with van der Waals surface area (Å²) in [5.41, 5.74) is 0. The smallest absolute Gasteiger partial charge is 0.305 e. The molecule has 0 fully saturated rings. The molecule has 0 rings (SSSR count). The van der Waals surface area contributed by atoms with Crippen LogP contribution in [0.3, 0.4) is 0 Å². The zero-order valence-corrected chi connectivity index (χ0v) is 58.6. The first-order valence-corrected chi connectivity index (χ1v) is 39.6. The van der Waals surface area contributed by atoms with Gasteiger partial charge in [0, 0.05) is 12.8 Å². The number of ether oxygens (including phenoxy) is 1. The number of carbonyl (C=O) groups excluding carboxylic acids is 2. The summed E-state index contributed by atoms with van der Waals surface area (Å²) in [6, 6.07) is -0.537. The summed E-state index contributed by atoms with van der Waals surface area (Å²) < 4.78 is 5.50. The molecule has 2 atom stereocenters. The summed E-state index contributed by atoms with van der Waals surface area (Å²) in [5.74, 6) is -0.0116. The van der Waals surface area contributed by atoms with Gasteiger partial charge in [-0.15, -0.1) is 0 Å². The highest BCUT2D eigenvalue weighted by atomic mass is 16.5. The normalized spacial score (nSPS) is 12.6. The fraction of sp³-hybridized carbons (Fsp3) is 0.925. The van der Waals surface area contributed by atoms with E-state index in [0.29, 0.717) is 25.9 Å². The molecule has 0 aliphatic rings. The van der Waals surface area contributed by atoms with Gasteiger partial charge >= 0.3 is 5.97 Å². The van der Waals surface area contributed by atoms with Crippen LogP contribution >= 0.6 is 0 Å². The van der Waals surface area contributed by atoms with Gasteiger partial charge in [-0.3, -0.25) is 9.59 Å². The maximum absolute atomic E-state index is 12.5. The second kappa shape index (κ2) is 75.8. The lowest BCUT2D eigenvalue weighted by atomic mass is 10.0. The molecule has 6 nitrogen and oxygen atoms in total. The van der Waals surface area contributed by atoms with Crippen LogP contribution in [0.4, 0.5) is 0 Å². The number of nitrogens with one attached hydrogen (secondary N) is 1. The molecule has 0 aliphatic carbocycles. The lowest BCUT2D eigenvalue weighted by molar-refractivity contribution is -0.143. The predicted octanol–water partition coefficient (Wildman–Crippen LogP) is 26.0. The van der Waals surface area contributed by atoms with Crippen molar-refractivity contribution in [3.05, 3.63) is 24.3 Å². The molecule has 1 amide bonds. The molecule has 0 spiro atoms. The third kappa shape index (κ3) is 71.4. The Kier molecular flexibility index (Phi) is 74.3. The molecule has 0 aromatic heterocycles. The molecule has 6 heteroatoms. The molecule has 2 unspecified atom stereocenters. The van der Waals surface area contributed by atoms with Gasteiger partial charge in [0.1, 0.15) is 0 Å². The molecular weight excluding hydrogens is 1050 g/mol. The molecule has 0 saturated heterocycles. The van der Waals surface area contributed by atoms with Crippen LogP contribution in [0.2, 0.25) is 0 Å². The first-order valence-electron chi connectivity index (χ1n) is 39.6. The summed E-state index contributed by atoms with van der Waals surface area (Å²) in [6.07, 6.45) is 97.1. The molecule has 0 aromatic rings. The molecular formula is C80H155NO5. The van der Waals surface area contributed by atoms with Crippen LogP contribution in [-0.2, 0) is 14.3 Å². The largest absolute Gasteiger partial charge is 0.466 e. The Bertz CT molecular complexity index is 1350. The van der Waals surface area contributed by atoms with Gasteiger partial charge in [0.2, 0.25) is 5.91 Å². The van der Waals surface area contributed by atoms with Gasteiger partial charge in [-0.2, -0.15) is 0 Å². The fourth-order valence-electron chi connectivity index (χ4n) is 12.7. The predicted molar refractivity (Wildman–Crippen MR) is 380 cm³/mol. The Balaban J connectivity index is 3.31. The number of carbonyl (C=O) groups is 2. The summed E-state index contributed by atoms with van der Waals surface area (Å²) in [5, 5.41) is 23.3. The van der Waals surface area contributed by atoms with Crippen LogP contribution in [0.25, 0.3) is 0 Å². The maximum Gasteiger partial charge on any atom is 0.305 e. The number of hydrogen-bond donors (Lipinski definition) is 3. The van der Waals surface area contributed by atoms with Gasteiger partial charge in [0.25, 0.3) is 0 Å². The average Bonchev–Trinajstić information content (AvgIpc) is 3.51. The van der Waals surface area contributed by atoms with E-state index in [1.54, 1.807) is 0 Å². The monoisotopic (exact) mass is 1210 g/mol. The summed E-state index contributed by atoms with van der Waals surface area (Å²) >= 11 is 0. The highest BCUT2D eigenvalue weighted by molar-refractivity contribution is 5.76. The number of amides is 1. The lowest BCUT2D eigenvalue weighted by Crippen LogP contribution is -2.45. The molecule has 0 radical (unpaired) electrons. The third-order valence-electron chi connectivity index (χ3n) is 18.7. The standard InChI is InChI=1S/C80H155NO5/c1-3-5-7-9-11-13-15-17-19-46-50-54-58-62-66-70-74-80(85)86-75-71-67-63-59-55-51-47-44-42-40-38-36-34-32-30-28-26-24-22-20-21-23-25-27-29-31-33-35-37-39-41-43-45-49-53-57-61-65-69-73-79(84)81-77(76-82)78(83)72-68-64-60-56-52-48-18-16-14-12-10-8-6-4-2/h19-21,46,77-78,82-83H,3-18,22-45,47-76H2,1-2H3,(H,81,84)/b21-20-,46-19-. The Hall–Kier alpha value is -1.66. The first-order chi connectivity index (χ1) is 42.5. The van der Waals surface area contributed by atoms with E-state index in [1.807, 2.05) is 0 Å². The van der Waals surface area contributed by atoms with Gasteiger partial charge in [-0.05, 0) is 77.0 Å². The van der Waals surface area contributed by atoms with E-state index >= 15 is 0 Å². The van der Waals surface area contributed by atoms with Crippen LogP contribution in [0, 0.1) is 0 Å². The summed E-state index contributed by atoms with van der Waals surface area (Å²) in [7, 11) is 0. The van der Waals surface area contributed by atoms with Crippen molar-refractivity contribution in [2.45, 2.75) is 463 Å². The SMILES string of the molecule is CCCCCCCCC/C=C\CCCCCCCC(=O)OCCCCCCCCCCCCCCCCCCCC/C=C\CCCCCCCCCCCCCCCCCCCC(=O)NC(CO)C(O)CCCCCCCCCCCCCCCC. The summed E-state index contributed by atoms with van der Waals surface area (Å²) in [6.45, 7) is 4.99. The van der Waals surface area contributed by atoms with Crippen molar-refractivity contribution >= 4 is 11.9 Å². The van der Waals surface area contributed by atoms with Crippen molar-refractivity contribution in [3.63, 3.8) is 0 Å². The van der Waals surface area contributed by atoms with Crippen molar-refractivity contribution in [1.82, 2.24) is 5.32 Å². The van der Waals surface area contributed by atoms with Gasteiger partial charge in [0.15, 0.2) is 0 Å². The molecule has 0 saturated carbocycles. The quantitative estimate of drug-likeness (QED) is 0.0320. The van der Waals surface area contributed by atoms with Crippen molar-refractivity contribution in [2.75, 3.05) is 13.2 Å². The number of allylic oxidation sites excluding steroid dienone is 4. The van der Waals surface area contributed by atoms with Crippen molar-refractivity contribution in [1.29, 1.82) is 0 Å². The third-order valence-corrected chi connectivity index (χ3v) is 18.7. The van der Waals surface area contributed by atoms with Crippen LogP contribution in [0.1, 0.15) is 450 Å². The van der Waals surface area contributed by atoms with E-state index in [4.69, 9.17) is 4.74 Å². The highest BCUT2D eigenvalue weighted by Gasteiger charge is 2.20. The fourth-order valence-corrected chi connectivity index (χ4v) is 12.7. The van der Waals surface area contributed by atoms with E-state index < -0.39 is 12.1 Å². The number of rotatable bonds is 75. The molecule has 86 heavy (non-hydrogen) atoms. The van der Waals surface area contributed by atoms with E-state index in [1.165, 1.54) is 372 Å². The number of hydrogen-bond acceptors (Lipinski definition) is 5. The minimum absolute atomic E-state index is 0.0159.